The average Bonchev–Trinajstić information content (AvgIpc) is 2.97. The van der Waals surface area contributed by atoms with Crippen LogP contribution in [0.25, 0.3) is 23.1 Å². The van der Waals surface area contributed by atoms with Gasteiger partial charge in [-0.3, -0.25) is 0 Å². The molecule has 0 bridgehead atoms. The van der Waals surface area contributed by atoms with Gasteiger partial charge in [-0.05, 0) is 65.9 Å². The highest BCUT2D eigenvalue weighted by atomic mass is 35.5. The van der Waals surface area contributed by atoms with E-state index in [1.165, 1.54) is 0 Å². The maximum atomic E-state index is 12.6. The lowest BCUT2D eigenvalue weighted by atomic mass is 9.99. The Morgan fingerprint density at radius 3 is 2.74 bits per heavy atom. The lowest BCUT2D eigenvalue weighted by Crippen LogP contribution is -2.09. The third-order valence-electron chi connectivity index (χ3n) is 5.57. The summed E-state index contributed by atoms with van der Waals surface area (Å²) in [7, 11) is 0. The minimum atomic E-state index is -0.255. The second kappa shape index (κ2) is 8.37. The van der Waals surface area contributed by atoms with E-state index in [1.54, 1.807) is 0 Å². The van der Waals surface area contributed by atoms with E-state index < -0.39 is 0 Å². The van der Waals surface area contributed by atoms with Crippen LogP contribution in [0, 0.1) is 0 Å². The number of fused-ring (bicyclic) bond motifs is 2. The Morgan fingerprint density at radius 1 is 0.935 bits per heavy atom. The van der Waals surface area contributed by atoms with E-state index in [-0.39, 0.29) is 12.1 Å². The fraction of sp³-hybridized carbons (Fsp3) is 0.111. The Kier molecular flexibility index (Phi) is 5.27. The minimum absolute atomic E-state index is 0.252. The first-order valence-corrected chi connectivity index (χ1v) is 10.7. The van der Waals surface area contributed by atoms with E-state index in [1.807, 2.05) is 84.9 Å². The van der Waals surface area contributed by atoms with Gasteiger partial charge < -0.3 is 4.74 Å². The lowest BCUT2D eigenvalue weighted by Gasteiger charge is -2.16. The number of carbonyl (C=O) groups is 1. The molecule has 2 heterocycles. The molecule has 0 aliphatic carbocycles. The summed E-state index contributed by atoms with van der Waals surface area (Å²) >= 11 is 6.09. The summed E-state index contributed by atoms with van der Waals surface area (Å²) in [4.78, 5) is 17.2. The van der Waals surface area contributed by atoms with Gasteiger partial charge in [-0.25, -0.2) is 9.78 Å². The number of rotatable bonds is 3. The quantitative estimate of drug-likeness (QED) is 0.335. The molecule has 4 aromatic rings. The van der Waals surface area contributed by atoms with Gasteiger partial charge in [0, 0.05) is 10.4 Å². The number of hydrogen-bond acceptors (Lipinski definition) is 3. The number of pyridine rings is 1. The molecule has 0 fully saturated rings. The van der Waals surface area contributed by atoms with Crippen LogP contribution in [0.5, 0.6) is 0 Å². The number of ether oxygens (including phenoxy) is 1. The zero-order chi connectivity index (χ0) is 21.2. The molecular weight excluding hydrogens is 406 g/mol. The van der Waals surface area contributed by atoms with Crippen molar-refractivity contribution in [2.45, 2.75) is 18.9 Å². The van der Waals surface area contributed by atoms with Crippen molar-refractivity contribution in [2.75, 3.05) is 0 Å². The van der Waals surface area contributed by atoms with E-state index in [2.05, 4.69) is 11.1 Å². The van der Waals surface area contributed by atoms with Crippen molar-refractivity contribution in [2.24, 2.45) is 0 Å². The number of benzene rings is 3. The van der Waals surface area contributed by atoms with Crippen molar-refractivity contribution in [1.29, 1.82) is 0 Å². The molecule has 31 heavy (non-hydrogen) atoms. The fourth-order valence-corrected chi connectivity index (χ4v) is 4.12. The first-order chi connectivity index (χ1) is 15.2. The molecule has 4 heteroatoms. The molecule has 0 saturated carbocycles. The van der Waals surface area contributed by atoms with Crippen LogP contribution in [-0.2, 0) is 11.2 Å². The summed E-state index contributed by atoms with van der Waals surface area (Å²) in [5, 5.41) is 1.73. The number of halogens is 1. The van der Waals surface area contributed by atoms with Crippen LogP contribution in [0.4, 0.5) is 0 Å². The summed E-state index contributed by atoms with van der Waals surface area (Å²) in [5.41, 5.74) is 5.48. The topological polar surface area (TPSA) is 39.2 Å². The van der Waals surface area contributed by atoms with E-state index in [0.717, 1.165) is 46.1 Å². The molecule has 1 atom stereocenters. The first kappa shape index (κ1) is 19.5. The molecule has 0 amide bonds. The minimum Gasteiger partial charge on any atom is -0.454 e. The maximum Gasteiger partial charge on any atom is 0.339 e. The average molecular weight is 426 g/mol. The van der Waals surface area contributed by atoms with Crippen LogP contribution in [-0.4, -0.2) is 11.0 Å². The molecule has 152 valence electrons. The Hall–Kier alpha value is -3.43. The van der Waals surface area contributed by atoms with Crippen LogP contribution < -0.4 is 0 Å². The van der Waals surface area contributed by atoms with E-state index >= 15 is 0 Å². The van der Waals surface area contributed by atoms with Gasteiger partial charge in [0.2, 0.25) is 0 Å². The molecule has 1 aliphatic heterocycles. The lowest BCUT2D eigenvalue weighted by molar-refractivity contribution is 0.0298. The number of hydrogen-bond donors (Lipinski definition) is 0. The van der Waals surface area contributed by atoms with Crippen molar-refractivity contribution in [1.82, 2.24) is 4.98 Å². The predicted octanol–water partition coefficient (Wildman–Crippen LogP) is 6.90. The third kappa shape index (κ3) is 4.23. The molecule has 1 aromatic heterocycles. The first-order valence-electron chi connectivity index (χ1n) is 10.3. The number of aryl methyl sites for hydroxylation is 1. The van der Waals surface area contributed by atoms with Gasteiger partial charge in [0.1, 0.15) is 6.10 Å². The molecule has 3 nitrogen and oxygen atoms in total. The van der Waals surface area contributed by atoms with Gasteiger partial charge in [-0.15, -0.1) is 0 Å². The third-order valence-corrected chi connectivity index (χ3v) is 5.80. The highest BCUT2D eigenvalue weighted by Gasteiger charge is 2.24. The van der Waals surface area contributed by atoms with E-state index in [9.17, 15) is 4.79 Å². The Balaban J connectivity index is 1.37. The summed E-state index contributed by atoms with van der Waals surface area (Å²) < 4.78 is 5.81. The fourth-order valence-electron chi connectivity index (χ4n) is 3.95. The van der Waals surface area contributed by atoms with Gasteiger partial charge >= 0.3 is 5.97 Å². The monoisotopic (exact) mass is 425 g/mol. The maximum absolute atomic E-state index is 12.6. The molecule has 5 rings (SSSR count). The van der Waals surface area contributed by atoms with Crippen LogP contribution in [0.1, 0.15) is 45.3 Å². The smallest absolute Gasteiger partial charge is 0.339 e. The summed E-state index contributed by atoms with van der Waals surface area (Å²) in [6, 6.07) is 25.5. The van der Waals surface area contributed by atoms with Crippen molar-refractivity contribution in [3.05, 3.63) is 112 Å². The van der Waals surface area contributed by atoms with Gasteiger partial charge in [0.25, 0.3) is 0 Å². The Morgan fingerprint density at radius 2 is 1.81 bits per heavy atom. The Bertz CT molecular complexity index is 1310. The molecule has 3 aromatic carbocycles. The highest BCUT2D eigenvalue weighted by molar-refractivity contribution is 6.31. The molecule has 0 radical (unpaired) electrons. The zero-order valence-electron chi connectivity index (χ0n) is 16.8. The van der Waals surface area contributed by atoms with Crippen LogP contribution >= 0.6 is 11.6 Å². The standard InChI is InChI=1S/C27H20ClNO2/c28-22-12-9-20-10-14-23(29-25(20)17-22)13-8-18-4-3-6-21(16-18)26-15-11-19-5-1-2-7-24(19)27(30)31-26/h1-10,12-14,16-17,26H,11,15H2/b13-8+/t26-/m1/s1. The number of cyclic esters (lactones) is 1. The van der Waals surface area contributed by atoms with Gasteiger partial charge in [-0.1, -0.05) is 66.2 Å². The SMILES string of the molecule is O=C1O[C@@H](c2cccc(/C=C/c3ccc4ccc(Cl)cc4n3)c2)CCc2ccccc21. The molecule has 0 unspecified atom stereocenters. The van der Waals surface area contributed by atoms with Gasteiger partial charge in [0.15, 0.2) is 0 Å². The van der Waals surface area contributed by atoms with Crippen LogP contribution in [0.3, 0.4) is 0 Å². The van der Waals surface area contributed by atoms with Gasteiger partial charge in [0.05, 0.1) is 16.8 Å². The van der Waals surface area contributed by atoms with E-state index in [4.69, 9.17) is 16.3 Å². The second-order valence-electron chi connectivity index (χ2n) is 7.67. The number of nitrogens with zero attached hydrogens (tertiary/aromatic N) is 1. The van der Waals surface area contributed by atoms with Crippen molar-refractivity contribution in [3.8, 4) is 0 Å². The molecule has 1 aliphatic rings. The molecule has 0 N–H and O–H groups in total. The molecular formula is C27H20ClNO2. The predicted molar refractivity (Wildman–Crippen MR) is 125 cm³/mol. The summed E-state index contributed by atoms with van der Waals surface area (Å²) in [6.07, 6.45) is 5.33. The number of esters is 1. The number of aromatic nitrogens is 1. The normalized spacial score (nSPS) is 16.2. The van der Waals surface area contributed by atoms with Crippen LogP contribution in [0.15, 0.2) is 78.9 Å². The van der Waals surface area contributed by atoms with Crippen molar-refractivity contribution >= 4 is 40.6 Å². The van der Waals surface area contributed by atoms with Gasteiger partial charge in [-0.2, -0.15) is 0 Å². The van der Waals surface area contributed by atoms with Crippen LogP contribution in [0.2, 0.25) is 5.02 Å². The van der Waals surface area contributed by atoms with Crippen molar-refractivity contribution in [3.63, 3.8) is 0 Å². The highest BCUT2D eigenvalue weighted by Crippen LogP contribution is 2.30. The molecule has 0 spiro atoms. The summed E-state index contributed by atoms with van der Waals surface area (Å²) in [6.45, 7) is 0. The Labute approximate surface area is 186 Å². The zero-order valence-corrected chi connectivity index (χ0v) is 17.5. The number of carbonyl (C=O) groups excluding carboxylic acids is 1. The molecule has 0 saturated heterocycles. The van der Waals surface area contributed by atoms with E-state index in [0.29, 0.717) is 10.6 Å². The second-order valence-corrected chi connectivity index (χ2v) is 8.10. The van der Waals surface area contributed by atoms with Crippen molar-refractivity contribution < 1.29 is 9.53 Å². The summed E-state index contributed by atoms with van der Waals surface area (Å²) in [5.74, 6) is -0.252. The largest absolute Gasteiger partial charge is 0.454 e.